The Hall–Kier alpha value is -1.05. The van der Waals surface area contributed by atoms with Crippen LogP contribution >= 0.6 is 15.9 Å². The molecule has 4 nitrogen and oxygen atoms in total. The van der Waals surface area contributed by atoms with Gasteiger partial charge < -0.3 is 5.32 Å². The first kappa shape index (κ1) is 18.0. The maximum absolute atomic E-state index is 12.0. The van der Waals surface area contributed by atoms with Crippen molar-refractivity contribution < 1.29 is 13.2 Å². The van der Waals surface area contributed by atoms with Gasteiger partial charge in [-0.15, -0.1) is 0 Å². The van der Waals surface area contributed by atoms with Crippen LogP contribution in [-0.2, 0) is 6.54 Å². The SMILES string of the molecule is CC(C)Cn1ncc(NCCCCC(F)(F)F)c(Br)c1=O. The van der Waals surface area contributed by atoms with Gasteiger partial charge in [0.05, 0.1) is 11.9 Å². The Morgan fingerprint density at radius 2 is 2.05 bits per heavy atom. The zero-order valence-corrected chi connectivity index (χ0v) is 13.6. The van der Waals surface area contributed by atoms with Crippen LogP contribution < -0.4 is 10.9 Å². The zero-order chi connectivity index (χ0) is 16.0. The molecule has 0 aliphatic carbocycles. The van der Waals surface area contributed by atoms with Crippen LogP contribution in [0.3, 0.4) is 0 Å². The number of hydrogen-bond acceptors (Lipinski definition) is 3. The van der Waals surface area contributed by atoms with Gasteiger partial charge in [0, 0.05) is 19.5 Å². The van der Waals surface area contributed by atoms with E-state index in [1.54, 1.807) is 0 Å². The number of nitrogens with zero attached hydrogens (tertiary/aromatic N) is 2. The molecule has 0 saturated carbocycles. The molecule has 0 saturated heterocycles. The van der Waals surface area contributed by atoms with Crippen LogP contribution in [0, 0.1) is 5.92 Å². The van der Waals surface area contributed by atoms with E-state index in [1.165, 1.54) is 10.9 Å². The molecule has 1 aromatic heterocycles. The first-order valence-electron chi connectivity index (χ1n) is 6.77. The molecule has 0 spiro atoms. The van der Waals surface area contributed by atoms with Gasteiger partial charge in [0.2, 0.25) is 0 Å². The summed E-state index contributed by atoms with van der Waals surface area (Å²) in [5.74, 6) is 0.295. The van der Waals surface area contributed by atoms with E-state index in [0.29, 0.717) is 35.6 Å². The summed E-state index contributed by atoms with van der Waals surface area (Å²) in [4.78, 5) is 12.0. The summed E-state index contributed by atoms with van der Waals surface area (Å²) >= 11 is 3.21. The predicted molar refractivity (Wildman–Crippen MR) is 79.4 cm³/mol. The average molecular weight is 370 g/mol. The standard InChI is InChI=1S/C13H19BrF3N3O/c1-9(2)8-20-12(21)11(14)10(7-19-20)18-6-4-3-5-13(15,16)17/h7,9,18H,3-6,8H2,1-2H3. The van der Waals surface area contributed by atoms with E-state index < -0.39 is 12.6 Å². The lowest BCUT2D eigenvalue weighted by Crippen LogP contribution is -2.26. The van der Waals surface area contributed by atoms with Gasteiger partial charge in [0.1, 0.15) is 4.47 Å². The average Bonchev–Trinajstić information content (AvgIpc) is 2.35. The summed E-state index contributed by atoms with van der Waals surface area (Å²) in [6, 6.07) is 0. The number of anilines is 1. The molecule has 0 unspecified atom stereocenters. The van der Waals surface area contributed by atoms with E-state index in [0.717, 1.165) is 0 Å². The van der Waals surface area contributed by atoms with Crippen LogP contribution in [-0.4, -0.2) is 22.5 Å². The van der Waals surface area contributed by atoms with E-state index in [4.69, 9.17) is 0 Å². The van der Waals surface area contributed by atoms with Gasteiger partial charge in [-0.25, -0.2) is 4.68 Å². The number of unbranched alkanes of at least 4 members (excludes halogenated alkanes) is 1. The normalized spacial score (nSPS) is 12.0. The molecule has 0 aliphatic heterocycles. The Morgan fingerprint density at radius 3 is 2.62 bits per heavy atom. The second kappa shape index (κ2) is 7.82. The molecule has 1 heterocycles. The number of nitrogens with one attached hydrogen (secondary N) is 1. The molecule has 0 bridgehead atoms. The van der Waals surface area contributed by atoms with E-state index >= 15 is 0 Å². The number of hydrogen-bond donors (Lipinski definition) is 1. The Balaban J connectivity index is 2.53. The van der Waals surface area contributed by atoms with Gasteiger partial charge in [0.25, 0.3) is 5.56 Å². The van der Waals surface area contributed by atoms with Crippen molar-refractivity contribution in [3.05, 3.63) is 21.0 Å². The molecule has 0 fully saturated rings. The van der Waals surface area contributed by atoms with Crippen LogP contribution in [0.4, 0.5) is 18.9 Å². The molecule has 0 amide bonds. The van der Waals surface area contributed by atoms with Crippen LogP contribution in [0.15, 0.2) is 15.5 Å². The number of alkyl halides is 3. The van der Waals surface area contributed by atoms with Gasteiger partial charge >= 0.3 is 6.18 Å². The van der Waals surface area contributed by atoms with Crippen molar-refractivity contribution in [1.29, 1.82) is 0 Å². The molecule has 0 aliphatic rings. The summed E-state index contributed by atoms with van der Waals surface area (Å²) in [5, 5.41) is 6.98. The zero-order valence-electron chi connectivity index (χ0n) is 12.0. The third-order valence-corrected chi connectivity index (χ3v) is 3.49. The van der Waals surface area contributed by atoms with Gasteiger partial charge in [-0.1, -0.05) is 13.8 Å². The topological polar surface area (TPSA) is 46.9 Å². The summed E-state index contributed by atoms with van der Waals surface area (Å²) < 4.78 is 37.7. The summed E-state index contributed by atoms with van der Waals surface area (Å²) in [6.07, 6.45) is -2.95. The second-order valence-corrected chi connectivity index (χ2v) is 6.05. The maximum atomic E-state index is 12.0. The van der Waals surface area contributed by atoms with E-state index in [-0.39, 0.29) is 12.0 Å². The molecule has 8 heteroatoms. The maximum Gasteiger partial charge on any atom is 0.389 e. The Bertz CT molecular complexity index is 514. The highest BCUT2D eigenvalue weighted by Gasteiger charge is 2.25. The smallest absolute Gasteiger partial charge is 0.383 e. The highest BCUT2D eigenvalue weighted by Crippen LogP contribution is 2.22. The van der Waals surface area contributed by atoms with Gasteiger partial charge in [-0.2, -0.15) is 18.3 Å². The number of halogens is 4. The lowest BCUT2D eigenvalue weighted by Gasteiger charge is -2.12. The fraction of sp³-hybridized carbons (Fsp3) is 0.692. The molecular weight excluding hydrogens is 351 g/mol. The van der Waals surface area contributed by atoms with Crippen molar-refractivity contribution in [1.82, 2.24) is 9.78 Å². The fourth-order valence-corrected chi connectivity index (χ4v) is 2.18. The predicted octanol–water partition coefficient (Wildman–Crippen LogP) is 3.81. The molecule has 1 aromatic rings. The number of rotatable bonds is 7. The summed E-state index contributed by atoms with van der Waals surface area (Å²) in [7, 11) is 0. The van der Waals surface area contributed by atoms with Crippen LogP contribution in [0.5, 0.6) is 0 Å². The van der Waals surface area contributed by atoms with E-state index in [2.05, 4.69) is 26.3 Å². The lowest BCUT2D eigenvalue weighted by molar-refractivity contribution is -0.135. The molecule has 0 aromatic carbocycles. The Morgan fingerprint density at radius 1 is 1.38 bits per heavy atom. The van der Waals surface area contributed by atoms with Crippen LogP contribution in [0.1, 0.15) is 33.1 Å². The minimum Gasteiger partial charge on any atom is -0.383 e. The monoisotopic (exact) mass is 369 g/mol. The highest BCUT2D eigenvalue weighted by atomic mass is 79.9. The summed E-state index contributed by atoms with van der Waals surface area (Å²) in [5.41, 5.74) is 0.260. The minimum absolute atomic E-state index is 0.0615. The third-order valence-electron chi connectivity index (χ3n) is 2.73. The molecule has 0 atom stereocenters. The third kappa shape index (κ3) is 6.50. The van der Waals surface area contributed by atoms with Crippen molar-refractivity contribution in [3.63, 3.8) is 0 Å². The van der Waals surface area contributed by atoms with Crippen molar-refractivity contribution in [3.8, 4) is 0 Å². The lowest BCUT2D eigenvalue weighted by atomic mass is 10.2. The highest BCUT2D eigenvalue weighted by molar-refractivity contribution is 9.10. The van der Waals surface area contributed by atoms with E-state index in [9.17, 15) is 18.0 Å². The first-order chi connectivity index (χ1) is 9.70. The largest absolute Gasteiger partial charge is 0.389 e. The van der Waals surface area contributed by atoms with Gasteiger partial charge in [-0.05, 0) is 34.7 Å². The Kier molecular flexibility index (Phi) is 6.70. The summed E-state index contributed by atoms with van der Waals surface area (Å²) in [6.45, 7) is 4.84. The van der Waals surface area contributed by atoms with Crippen LogP contribution in [0.2, 0.25) is 0 Å². The van der Waals surface area contributed by atoms with Crippen molar-refractivity contribution in [2.24, 2.45) is 5.92 Å². The van der Waals surface area contributed by atoms with Crippen molar-refractivity contribution in [2.75, 3.05) is 11.9 Å². The van der Waals surface area contributed by atoms with Crippen molar-refractivity contribution >= 4 is 21.6 Å². The quantitative estimate of drug-likeness (QED) is 0.743. The molecule has 21 heavy (non-hydrogen) atoms. The molecule has 120 valence electrons. The second-order valence-electron chi connectivity index (χ2n) is 5.25. The molecule has 1 rings (SSSR count). The van der Waals surface area contributed by atoms with E-state index in [1.807, 2.05) is 13.8 Å². The molecule has 1 N–H and O–H groups in total. The minimum atomic E-state index is -4.11. The molecular formula is C13H19BrF3N3O. The molecule has 0 radical (unpaired) electrons. The fourth-order valence-electron chi connectivity index (χ4n) is 1.74. The van der Waals surface area contributed by atoms with Gasteiger partial charge in [-0.3, -0.25) is 4.79 Å². The van der Waals surface area contributed by atoms with Crippen molar-refractivity contribution in [2.45, 2.75) is 45.8 Å². The Labute approximate surface area is 129 Å². The first-order valence-corrected chi connectivity index (χ1v) is 7.56. The van der Waals surface area contributed by atoms with Gasteiger partial charge in [0.15, 0.2) is 0 Å². The number of aromatic nitrogens is 2. The van der Waals surface area contributed by atoms with Crippen LogP contribution in [0.25, 0.3) is 0 Å².